The van der Waals surface area contributed by atoms with Gasteiger partial charge in [0.25, 0.3) is 5.91 Å². The summed E-state index contributed by atoms with van der Waals surface area (Å²) in [4.78, 5) is 39.2. The molecule has 0 saturated carbocycles. The molecule has 3 aromatic carbocycles. The van der Waals surface area contributed by atoms with Crippen molar-refractivity contribution in [3.8, 4) is 0 Å². The number of amides is 3. The van der Waals surface area contributed by atoms with E-state index in [-0.39, 0.29) is 29.5 Å². The first-order valence-electron chi connectivity index (χ1n) is 10.2. The Morgan fingerprint density at radius 3 is 2.45 bits per heavy atom. The fourth-order valence-corrected chi connectivity index (χ4v) is 3.98. The third-order valence-electron chi connectivity index (χ3n) is 5.58. The van der Waals surface area contributed by atoms with Crippen molar-refractivity contribution in [3.63, 3.8) is 0 Å². The third kappa shape index (κ3) is 3.76. The highest BCUT2D eigenvalue weighted by molar-refractivity contribution is 6.18. The molecule has 1 aliphatic heterocycles. The van der Waals surface area contributed by atoms with Crippen LogP contribution in [0, 0.1) is 0 Å². The molecule has 9 heteroatoms. The van der Waals surface area contributed by atoms with E-state index in [1.165, 1.54) is 6.07 Å². The fourth-order valence-electron chi connectivity index (χ4n) is 3.98. The molecular weight excluding hydrogens is 422 g/mol. The molecule has 0 unspecified atom stereocenters. The fraction of sp³-hybridized carbons (Fsp3) is 0.0833. The minimum absolute atomic E-state index is 0.0639. The number of carbonyl (C=O) groups is 3. The summed E-state index contributed by atoms with van der Waals surface area (Å²) in [7, 11) is 0. The number of urea groups is 1. The first-order chi connectivity index (χ1) is 16.0. The molecule has 164 valence electrons. The second-order valence-electron chi connectivity index (χ2n) is 7.65. The summed E-state index contributed by atoms with van der Waals surface area (Å²) in [5.74, 6) is -1.50. The van der Waals surface area contributed by atoms with Crippen LogP contribution in [0.5, 0.6) is 0 Å². The SMILES string of the molecule is O=C(O)c1ccc2ccccc2c1C(=O)Nc1n[nH]c2c1CN(C(=O)Nc1ccccc1)C2. The van der Waals surface area contributed by atoms with Crippen LogP contribution in [0.4, 0.5) is 16.3 Å². The van der Waals surface area contributed by atoms with E-state index in [2.05, 4.69) is 20.8 Å². The van der Waals surface area contributed by atoms with Gasteiger partial charge in [-0.15, -0.1) is 0 Å². The molecule has 0 fully saturated rings. The first-order valence-corrected chi connectivity index (χ1v) is 10.2. The van der Waals surface area contributed by atoms with E-state index in [9.17, 15) is 19.5 Å². The van der Waals surface area contributed by atoms with E-state index in [0.29, 0.717) is 28.9 Å². The minimum atomic E-state index is -1.19. The quantitative estimate of drug-likeness (QED) is 0.380. The number of hydrogen-bond donors (Lipinski definition) is 4. The zero-order chi connectivity index (χ0) is 22.9. The van der Waals surface area contributed by atoms with Crippen molar-refractivity contribution in [3.05, 3.63) is 89.1 Å². The Bertz CT molecular complexity index is 1400. The number of aromatic amines is 1. The number of carbonyl (C=O) groups excluding carboxylic acids is 2. The summed E-state index contributed by atoms with van der Waals surface area (Å²) >= 11 is 0. The average molecular weight is 441 g/mol. The molecule has 1 aliphatic rings. The van der Waals surface area contributed by atoms with Crippen molar-refractivity contribution in [1.29, 1.82) is 0 Å². The standard InChI is InChI=1S/C24H19N5O4/c30-22(20-16-9-5-4-6-14(16)10-11-17(20)23(31)32)26-21-18-12-29(13-19(18)27-28-21)24(33)25-15-7-2-1-3-8-15/h1-11H,12-13H2,(H,25,33)(H,31,32)(H2,26,27,28,30). The van der Waals surface area contributed by atoms with Crippen LogP contribution in [0.2, 0.25) is 0 Å². The normalized spacial score (nSPS) is 12.4. The van der Waals surface area contributed by atoms with Crippen LogP contribution in [-0.2, 0) is 13.1 Å². The van der Waals surface area contributed by atoms with Crippen molar-refractivity contribution in [2.75, 3.05) is 10.6 Å². The zero-order valence-corrected chi connectivity index (χ0v) is 17.3. The molecule has 0 aliphatic carbocycles. The molecule has 0 saturated heterocycles. The number of nitrogens with zero attached hydrogens (tertiary/aromatic N) is 2. The van der Waals surface area contributed by atoms with Crippen LogP contribution >= 0.6 is 0 Å². The van der Waals surface area contributed by atoms with Gasteiger partial charge in [-0.25, -0.2) is 9.59 Å². The van der Waals surface area contributed by atoms with Gasteiger partial charge in [0, 0.05) is 11.3 Å². The molecule has 0 atom stereocenters. The molecule has 9 nitrogen and oxygen atoms in total. The minimum Gasteiger partial charge on any atom is -0.478 e. The van der Waals surface area contributed by atoms with Crippen LogP contribution in [0.3, 0.4) is 0 Å². The van der Waals surface area contributed by atoms with Gasteiger partial charge in [0.15, 0.2) is 5.82 Å². The summed E-state index contributed by atoms with van der Waals surface area (Å²) in [6.45, 7) is 0.562. The van der Waals surface area contributed by atoms with Gasteiger partial charge in [0.2, 0.25) is 0 Å². The average Bonchev–Trinajstić information content (AvgIpc) is 3.41. The zero-order valence-electron chi connectivity index (χ0n) is 17.3. The number of benzene rings is 3. The number of para-hydroxylation sites is 1. The summed E-state index contributed by atoms with van der Waals surface area (Å²) in [5, 5.41) is 23.5. The topological polar surface area (TPSA) is 127 Å². The lowest BCUT2D eigenvalue weighted by Gasteiger charge is -2.17. The lowest BCUT2D eigenvalue weighted by Crippen LogP contribution is -2.30. The summed E-state index contributed by atoms with van der Waals surface area (Å²) < 4.78 is 0. The summed E-state index contributed by atoms with van der Waals surface area (Å²) in [6, 6.07) is 19.0. The van der Waals surface area contributed by atoms with Gasteiger partial charge in [-0.2, -0.15) is 5.10 Å². The van der Waals surface area contributed by atoms with Crippen LogP contribution in [0.25, 0.3) is 10.8 Å². The molecule has 0 radical (unpaired) electrons. The van der Waals surface area contributed by atoms with Crippen LogP contribution < -0.4 is 10.6 Å². The molecular formula is C24H19N5O4. The summed E-state index contributed by atoms with van der Waals surface area (Å²) in [5.41, 5.74) is 2.05. The Morgan fingerprint density at radius 2 is 1.67 bits per heavy atom. The van der Waals surface area contributed by atoms with E-state index < -0.39 is 11.9 Å². The third-order valence-corrected chi connectivity index (χ3v) is 5.58. The molecule has 4 aromatic rings. The second kappa shape index (κ2) is 8.12. The number of carboxylic acid groups (broad SMARTS) is 1. The molecule has 3 amide bonds. The number of nitrogens with one attached hydrogen (secondary N) is 3. The van der Waals surface area contributed by atoms with Gasteiger partial charge >= 0.3 is 12.0 Å². The van der Waals surface area contributed by atoms with Gasteiger partial charge < -0.3 is 20.6 Å². The van der Waals surface area contributed by atoms with Gasteiger partial charge in [-0.05, 0) is 29.0 Å². The van der Waals surface area contributed by atoms with E-state index in [0.717, 1.165) is 5.39 Å². The van der Waals surface area contributed by atoms with Crippen molar-refractivity contribution < 1.29 is 19.5 Å². The number of fused-ring (bicyclic) bond motifs is 2. The summed E-state index contributed by atoms with van der Waals surface area (Å²) in [6.07, 6.45) is 0. The van der Waals surface area contributed by atoms with E-state index in [1.807, 2.05) is 30.3 Å². The predicted molar refractivity (Wildman–Crippen MR) is 122 cm³/mol. The maximum absolute atomic E-state index is 13.2. The van der Waals surface area contributed by atoms with Gasteiger partial charge in [0.05, 0.1) is 29.9 Å². The highest BCUT2D eigenvalue weighted by Crippen LogP contribution is 2.29. The number of aromatic carboxylic acids is 1. The number of carboxylic acids is 1. The molecule has 5 rings (SSSR count). The Hall–Kier alpha value is -4.66. The molecule has 1 aromatic heterocycles. The maximum Gasteiger partial charge on any atom is 0.336 e. The van der Waals surface area contributed by atoms with Crippen molar-refractivity contribution in [2.24, 2.45) is 0 Å². The largest absolute Gasteiger partial charge is 0.478 e. The second-order valence-corrected chi connectivity index (χ2v) is 7.65. The number of rotatable bonds is 4. The van der Waals surface area contributed by atoms with E-state index in [1.54, 1.807) is 35.2 Å². The van der Waals surface area contributed by atoms with Crippen LogP contribution in [0.15, 0.2) is 66.7 Å². The van der Waals surface area contributed by atoms with E-state index in [4.69, 9.17) is 0 Å². The molecule has 0 spiro atoms. The Balaban J connectivity index is 1.38. The van der Waals surface area contributed by atoms with Gasteiger partial charge in [-0.1, -0.05) is 48.5 Å². The van der Waals surface area contributed by atoms with Crippen LogP contribution in [0.1, 0.15) is 32.0 Å². The smallest absolute Gasteiger partial charge is 0.336 e. The Labute approximate surface area is 188 Å². The molecule has 33 heavy (non-hydrogen) atoms. The Kier molecular flexibility index (Phi) is 4.98. The Morgan fingerprint density at radius 1 is 0.909 bits per heavy atom. The van der Waals surface area contributed by atoms with Crippen molar-refractivity contribution in [2.45, 2.75) is 13.1 Å². The monoisotopic (exact) mass is 441 g/mol. The van der Waals surface area contributed by atoms with Gasteiger partial charge in [0.1, 0.15) is 0 Å². The number of hydrogen-bond acceptors (Lipinski definition) is 4. The highest BCUT2D eigenvalue weighted by Gasteiger charge is 2.30. The first kappa shape index (κ1) is 20.3. The van der Waals surface area contributed by atoms with Crippen molar-refractivity contribution >= 4 is 40.2 Å². The highest BCUT2D eigenvalue weighted by atomic mass is 16.4. The predicted octanol–water partition coefficient (Wildman–Crippen LogP) is 4.06. The molecule has 0 bridgehead atoms. The van der Waals surface area contributed by atoms with Crippen molar-refractivity contribution in [1.82, 2.24) is 15.1 Å². The van der Waals surface area contributed by atoms with Crippen LogP contribution in [-0.4, -0.2) is 38.1 Å². The van der Waals surface area contributed by atoms with Gasteiger partial charge in [-0.3, -0.25) is 9.89 Å². The number of anilines is 2. The molecule has 4 N–H and O–H groups in total. The lowest BCUT2D eigenvalue weighted by atomic mass is 9.98. The molecule has 2 heterocycles. The lowest BCUT2D eigenvalue weighted by molar-refractivity contribution is 0.0692. The van der Waals surface area contributed by atoms with E-state index >= 15 is 0 Å². The number of aromatic nitrogens is 2. The number of H-pyrrole nitrogens is 1. The maximum atomic E-state index is 13.2.